The zero-order valence-electron chi connectivity index (χ0n) is 13.0. The first-order valence-electron chi connectivity index (χ1n) is 8.23. The smallest absolute Gasteiger partial charge is 0.0529 e. The predicted octanol–water partition coefficient (Wildman–Crippen LogP) is 4.26. The monoisotopic (exact) mass is 302 g/mol. The van der Waals surface area contributed by atoms with E-state index >= 15 is 0 Å². The first-order chi connectivity index (χ1) is 10.3. The molecule has 1 aliphatic rings. The van der Waals surface area contributed by atoms with Gasteiger partial charge in [-0.05, 0) is 56.9 Å². The lowest BCUT2D eigenvalue weighted by Crippen LogP contribution is -2.44. The Kier molecular flexibility index (Phi) is 4.94. The van der Waals surface area contributed by atoms with Crippen LogP contribution in [0, 0.1) is 0 Å². The molecule has 3 heteroatoms. The Morgan fingerprint density at radius 2 is 1.90 bits per heavy atom. The van der Waals surface area contributed by atoms with Crippen LogP contribution in [-0.2, 0) is 5.54 Å². The molecule has 0 unspecified atom stereocenters. The van der Waals surface area contributed by atoms with Crippen LogP contribution < -0.4 is 10.6 Å². The van der Waals surface area contributed by atoms with Crippen LogP contribution in [0.15, 0.2) is 30.3 Å². The normalized spacial score (nSPS) is 18.1. The Hall–Kier alpha value is -0.900. The Balaban J connectivity index is 1.83. The molecule has 3 rings (SSSR count). The fourth-order valence-electron chi connectivity index (χ4n) is 3.48. The summed E-state index contributed by atoms with van der Waals surface area (Å²) >= 11 is 1.99. The maximum absolute atomic E-state index is 3.92. The van der Waals surface area contributed by atoms with Crippen LogP contribution in [-0.4, -0.2) is 20.1 Å². The van der Waals surface area contributed by atoms with Crippen molar-refractivity contribution in [2.45, 2.75) is 44.1 Å². The number of benzene rings is 1. The van der Waals surface area contributed by atoms with Gasteiger partial charge in [-0.15, -0.1) is 11.3 Å². The minimum absolute atomic E-state index is 0.232. The molecule has 2 N–H and O–H groups in total. The van der Waals surface area contributed by atoms with Gasteiger partial charge < -0.3 is 10.6 Å². The van der Waals surface area contributed by atoms with Gasteiger partial charge in [-0.1, -0.05) is 37.5 Å². The Labute approximate surface area is 131 Å². The van der Waals surface area contributed by atoms with Gasteiger partial charge in [-0.2, -0.15) is 0 Å². The molecule has 114 valence electrons. The van der Waals surface area contributed by atoms with Gasteiger partial charge >= 0.3 is 0 Å². The van der Waals surface area contributed by atoms with Gasteiger partial charge in [0, 0.05) is 9.58 Å². The molecule has 21 heavy (non-hydrogen) atoms. The zero-order valence-corrected chi connectivity index (χ0v) is 13.8. The highest BCUT2D eigenvalue weighted by Gasteiger charge is 2.34. The van der Waals surface area contributed by atoms with E-state index < -0.39 is 0 Å². The second kappa shape index (κ2) is 6.91. The van der Waals surface area contributed by atoms with Gasteiger partial charge in [0.05, 0.1) is 5.54 Å². The summed E-state index contributed by atoms with van der Waals surface area (Å²) in [4.78, 5) is 1.55. The van der Waals surface area contributed by atoms with Crippen molar-refractivity contribution in [2.75, 3.05) is 20.1 Å². The highest BCUT2D eigenvalue weighted by molar-refractivity contribution is 7.19. The Morgan fingerprint density at radius 1 is 1.10 bits per heavy atom. The van der Waals surface area contributed by atoms with Crippen molar-refractivity contribution in [3.05, 3.63) is 35.2 Å². The van der Waals surface area contributed by atoms with E-state index in [0.29, 0.717) is 0 Å². The van der Waals surface area contributed by atoms with Crippen molar-refractivity contribution in [3.8, 4) is 0 Å². The van der Waals surface area contributed by atoms with Crippen LogP contribution in [0.5, 0.6) is 0 Å². The van der Waals surface area contributed by atoms with Crippen molar-refractivity contribution in [3.63, 3.8) is 0 Å². The molecule has 0 atom stereocenters. The average Bonchev–Trinajstić information content (AvgIpc) is 2.97. The zero-order chi connectivity index (χ0) is 14.5. The van der Waals surface area contributed by atoms with Crippen LogP contribution in [0.25, 0.3) is 10.1 Å². The fourth-order valence-corrected chi connectivity index (χ4v) is 4.76. The SMILES string of the molecule is CNCCCNC1(c2cc3ccccc3s2)CCCCC1. The van der Waals surface area contributed by atoms with Crippen molar-refractivity contribution >= 4 is 21.4 Å². The van der Waals surface area contributed by atoms with E-state index in [-0.39, 0.29) is 5.54 Å². The van der Waals surface area contributed by atoms with Crippen LogP contribution in [0.4, 0.5) is 0 Å². The van der Waals surface area contributed by atoms with Crippen LogP contribution in [0.1, 0.15) is 43.4 Å². The minimum atomic E-state index is 0.232. The Bertz CT molecular complexity index is 536. The van der Waals surface area contributed by atoms with Crippen LogP contribution in [0.3, 0.4) is 0 Å². The average molecular weight is 302 g/mol. The van der Waals surface area contributed by atoms with Gasteiger partial charge in [-0.3, -0.25) is 0 Å². The largest absolute Gasteiger partial charge is 0.320 e. The van der Waals surface area contributed by atoms with E-state index in [1.807, 2.05) is 18.4 Å². The molecule has 1 aromatic heterocycles. The maximum atomic E-state index is 3.92. The molecule has 2 aromatic rings. The van der Waals surface area contributed by atoms with Gasteiger partial charge in [0.15, 0.2) is 0 Å². The van der Waals surface area contributed by atoms with Crippen LogP contribution in [0.2, 0.25) is 0 Å². The molecule has 1 aliphatic carbocycles. The third kappa shape index (κ3) is 3.31. The van der Waals surface area contributed by atoms with Gasteiger partial charge in [0.2, 0.25) is 0 Å². The molecule has 2 nitrogen and oxygen atoms in total. The van der Waals surface area contributed by atoms with Crippen molar-refractivity contribution in [1.82, 2.24) is 10.6 Å². The summed E-state index contributed by atoms with van der Waals surface area (Å²) in [6, 6.07) is 11.2. The van der Waals surface area contributed by atoms with Gasteiger partial charge in [0.25, 0.3) is 0 Å². The molecule has 1 saturated carbocycles. The highest BCUT2D eigenvalue weighted by atomic mass is 32.1. The van der Waals surface area contributed by atoms with Crippen molar-refractivity contribution in [2.24, 2.45) is 0 Å². The number of hydrogen-bond acceptors (Lipinski definition) is 3. The number of thiophene rings is 1. The summed E-state index contributed by atoms with van der Waals surface area (Å²) in [6.07, 6.45) is 7.88. The molecule has 0 bridgehead atoms. The van der Waals surface area contributed by atoms with E-state index in [0.717, 1.165) is 13.1 Å². The predicted molar refractivity (Wildman–Crippen MR) is 93.1 cm³/mol. The van der Waals surface area contributed by atoms with E-state index in [4.69, 9.17) is 0 Å². The number of nitrogens with one attached hydrogen (secondary N) is 2. The second-order valence-corrected chi connectivity index (χ2v) is 7.26. The number of rotatable bonds is 6. The summed E-state index contributed by atoms with van der Waals surface area (Å²) in [6.45, 7) is 2.20. The highest BCUT2D eigenvalue weighted by Crippen LogP contribution is 2.42. The summed E-state index contributed by atoms with van der Waals surface area (Å²) in [5.41, 5.74) is 0.232. The molecule has 0 radical (unpaired) electrons. The third-order valence-electron chi connectivity index (χ3n) is 4.67. The molecule has 1 aromatic carbocycles. The second-order valence-electron chi connectivity index (χ2n) is 6.18. The summed E-state index contributed by atoms with van der Waals surface area (Å²) in [5, 5.41) is 8.56. The Morgan fingerprint density at radius 3 is 2.67 bits per heavy atom. The number of hydrogen-bond donors (Lipinski definition) is 2. The van der Waals surface area contributed by atoms with E-state index in [1.54, 1.807) is 4.88 Å². The number of fused-ring (bicyclic) bond motifs is 1. The molecule has 0 saturated heterocycles. The van der Waals surface area contributed by atoms with Crippen molar-refractivity contribution < 1.29 is 0 Å². The van der Waals surface area contributed by atoms with E-state index in [1.165, 1.54) is 48.6 Å². The molecule has 1 heterocycles. The standard InChI is InChI=1S/C18H26N2S/c1-19-12-7-13-20-18(10-5-2-6-11-18)17-14-15-8-3-4-9-16(15)21-17/h3-4,8-9,14,19-20H,2,5-7,10-13H2,1H3. The molecule has 0 spiro atoms. The first kappa shape index (κ1) is 15.0. The van der Waals surface area contributed by atoms with E-state index in [9.17, 15) is 0 Å². The summed E-state index contributed by atoms with van der Waals surface area (Å²) < 4.78 is 1.43. The fraction of sp³-hybridized carbons (Fsp3) is 0.556. The quantitative estimate of drug-likeness (QED) is 0.779. The van der Waals surface area contributed by atoms with E-state index in [2.05, 4.69) is 41.0 Å². The van der Waals surface area contributed by atoms with Crippen molar-refractivity contribution in [1.29, 1.82) is 0 Å². The van der Waals surface area contributed by atoms with Crippen LogP contribution >= 0.6 is 11.3 Å². The molecule has 1 fully saturated rings. The van der Waals surface area contributed by atoms with Gasteiger partial charge in [0.1, 0.15) is 0 Å². The lowest BCUT2D eigenvalue weighted by Gasteiger charge is -2.38. The van der Waals surface area contributed by atoms with Gasteiger partial charge in [-0.25, -0.2) is 0 Å². The third-order valence-corrected chi connectivity index (χ3v) is 5.99. The summed E-state index contributed by atoms with van der Waals surface area (Å²) in [5.74, 6) is 0. The minimum Gasteiger partial charge on any atom is -0.320 e. The molecular formula is C18H26N2S. The summed E-state index contributed by atoms with van der Waals surface area (Å²) in [7, 11) is 2.03. The maximum Gasteiger partial charge on any atom is 0.0529 e. The molecule has 0 amide bonds. The first-order valence-corrected chi connectivity index (χ1v) is 9.04. The molecular weight excluding hydrogens is 276 g/mol. The lowest BCUT2D eigenvalue weighted by atomic mass is 9.80. The lowest BCUT2D eigenvalue weighted by molar-refractivity contribution is 0.238. The molecule has 0 aliphatic heterocycles. The topological polar surface area (TPSA) is 24.1 Å².